The fourth-order valence-electron chi connectivity index (χ4n) is 3.51. The minimum atomic E-state index is -0.475. The molecule has 0 radical (unpaired) electrons. The molecule has 2 amide bonds. The lowest BCUT2D eigenvalue weighted by molar-refractivity contribution is -0.135. The Bertz CT molecular complexity index is 613. The third-order valence-electron chi connectivity index (χ3n) is 5.23. The minimum Gasteiger partial charge on any atom is -0.341 e. The van der Waals surface area contributed by atoms with Gasteiger partial charge in [0.15, 0.2) is 0 Å². The van der Waals surface area contributed by atoms with Gasteiger partial charge in [0.2, 0.25) is 5.91 Å². The normalized spacial score (nSPS) is 16.0. The van der Waals surface area contributed by atoms with Gasteiger partial charge in [0.25, 0.3) is 5.91 Å². The smallest absolute Gasteiger partial charge is 0.251 e. The summed E-state index contributed by atoms with van der Waals surface area (Å²) in [6, 6.07) is 6.99. The molecule has 0 aliphatic carbocycles. The molecule has 0 bridgehead atoms. The van der Waals surface area contributed by atoms with Gasteiger partial charge in [-0.2, -0.15) is 0 Å². The van der Waals surface area contributed by atoms with Gasteiger partial charge in [0.05, 0.1) is 0 Å². The van der Waals surface area contributed by atoms with Crippen molar-refractivity contribution in [1.82, 2.24) is 15.5 Å². The van der Waals surface area contributed by atoms with Gasteiger partial charge in [0.1, 0.15) is 6.04 Å². The molecule has 2 rings (SSSR count). The fraction of sp³-hybridized carbons (Fsp3) is 0.619. The maximum absolute atomic E-state index is 13.0. The number of piperidine rings is 1. The molecule has 0 spiro atoms. The maximum atomic E-state index is 13.0. The molecule has 0 aromatic heterocycles. The van der Waals surface area contributed by atoms with Crippen LogP contribution in [0.15, 0.2) is 24.3 Å². The Labute approximate surface area is 169 Å². The Morgan fingerprint density at radius 1 is 1.22 bits per heavy atom. The van der Waals surface area contributed by atoms with E-state index in [1.807, 2.05) is 50.9 Å². The topological polar surface area (TPSA) is 61.4 Å². The summed E-state index contributed by atoms with van der Waals surface area (Å²) in [5, 5.41) is 6.16. The summed E-state index contributed by atoms with van der Waals surface area (Å²) in [7, 11) is 1.98. The van der Waals surface area contributed by atoms with E-state index >= 15 is 0 Å². The van der Waals surface area contributed by atoms with Crippen molar-refractivity contribution in [3.63, 3.8) is 0 Å². The van der Waals surface area contributed by atoms with E-state index in [2.05, 4.69) is 10.6 Å². The summed E-state index contributed by atoms with van der Waals surface area (Å²) in [5.74, 6) is 0.613. The standard InChI is InChI=1S/C21H33N3O2.ClH/c1-15(2)19(23-20(25)18-7-5-6-16(3)14-18)21(26)24-12-9-17(10-13-24)8-11-22-4;/h5-7,14-15,17,19,22H,8-13H2,1-4H3,(H,23,25);1H. The van der Waals surface area contributed by atoms with E-state index in [1.54, 1.807) is 6.07 Å². The molecule has 5 nitrogen and oxygen atoms in total. The Morgan fingerprint density at radius 3 is 2.44 bits per heavy atom. The van der Waals surface area contributed by atoms with E-state index in [1.165, 1.54) is 0 Å². The quantitative estimate of drug-likeness (QED) is 0.746. The minimum absolute atomic E-state index is 0. The predicted octanol–water partition coefficient (Wildman–Crippen LogP) is 3.02. The lowest BCUT2D eigenvalue weighted by atomic mass is 9.92. The predicted molar refractivity (Wildman–Crippen MR) is 112 cm³/mol. The molecule has 1 aromatic carbocycles. The number of hydrogen-bond acceptors (Lipinski definition) is 3. The summed E-state index contributed by atoms with van der Waals surface area (Å²) < 4.78 is 0. The number of nitrogens with zero attached hydrogens (tertiary/aromatic N) is 1. The number of carbonyl (C=O) groups is 2. The molecule has 152 valence electrons. The van der Waals surface area contributed by atoms with Crippen LogP contribution in [0.4, 0.5) is 0 Å². The number of likely N-dealkylation sites (tertiary alicyclic amines) is 1. The van der Waals surface area contributed by atoms with Gasteiger partial charge in [-0.05, 0) is 63.7 Å². The van der Waals surface area contributed by atoms with Crippen LogP contribution in [0.1, 0.15) is 49.0 Å². The molecular weight excluding hydrogens is 362 g/mol. The number of nitrogens with one attached hydrogen (secondary N) is 2. The van der Waals surface area contributed by atoms with Gasteiger partial charge >= 0.3 is 0 Å². The lowest BCUT2D eigenvalue weighted by Gasteiger charge is -2.35. The molecule has 1 aliphatic rings. The zero-order chi connectivity index (χ0) is 19.1. The molecule has 6 heteroatoms. The highest BCUT2D eigenvalue weighted by Crippen LogP contribution is 2.21. The third kappa shape index (κ3) is 6.82. The number of halogens is 1. The molecule has 1 atom stereocenters. The first-order chi connectivity index (χ1) is 12.4. The number of hydrogen-bond donors (Lipinski definition) is 2. The maximum Gasteiger partial charge on any atom is 0.251 e. The Kier molecular flexibility index (Phi) is 9.81. The number of benzene rings is 1. The van der Waals surface area contributed by atoms with E-state index in [0.29, 0.717) is 11.5 Å². The van der Waals surface area contributed by atoms with E-state index in [0.717, 1.165) is 44.5 Å². The van der Waals surface area contributed by atoms with Crippen LogP contribution in [0, 0.1) is 18.8 Å². The van der Waals surface area contributed by atoms with Crippen LogP contribution in [-0.4, -0.2) is 49.4 Å². The van der Waals surface area contributed by atoms with Gasteiger partial charge in [-0.1, -0.05) is 31.5 Å². The summed E-state index contributed by atoms with van der Waals surface area (Å²) in [4.78, 5) is 27.5. The average molecular weight is 396 g/mol. The van der Waals surface area contributed by atoms with Crippen molar-refractivity contribution in [1.29, 1.82) is 0 Å². The first-order valence-electron chi connectivity index (χ1n) is 9.73. The van der Waals surface area contributed by atoms with E-state index in [-0.39, 0.29) is 30.1 Å². The Balaban J connectivity index is 0.00000364. The Hall–Kier alpha value is -1.59. The van der Waals surface area contributed by atoms with Gasteiger partial charge in [0, 0.05) is 18.7 Å². The summed E-state index contributed by atoms with van der Waals surface area (Å²) in [6.07, 6.45) is 3.25. The monoisotopic (exact) mass is 395 g/mol. The van der Waals surface area contributed by atoms with Crippen LogP contribution >= 0.6 is 12.4 Å². The molecule has 1 saturated heterocycles. The average Bonchev–Trinajstić information content (AvgIpc) is 2.64. The van der Waals surface area contributed by atoms with E-state index < -0.39 is 6.04 Å². The molecule has 1 fully saturated rings. The van der Waals surface area contributed by atoms with E-state index in [4.69, 9.17) is 0 Å². The molecule has 0 saturated carbocycles. The van der Waals surface area contributed by atoms with Gasteiger partial charge in [-0.15, -0.1) is 12.4 Å². The van der Waals surface area contributed by atoms with Gasteiger partial charge < -0.3 is 15.5 Å². The molecule has 1 heterocycles. The van der Waals surface area contributed by atoms with Crippen LogP contribution in [0.25, 0.3) is 0 Å². The summed E-state index contributed by atoms with van der Waals surface area (Å²) >= 11 is 0. The molecular formula is C21H34ClN3O2. The van der Waals surface area contributed by atoms with Crippen LogP contribution in [0.2, 0.25) is 0 Å². The van der Waals surface area contributed by atoms with Crippen molar-refractivity contribution in [3.8, 4) is 0 Å². The SMILES string of the molecule is CNCCC1CCN(C(=O)C(NC(=O)c2cccc(C)c2)C(C)C)CC1.Cl. The van der Waals surface area contributed by atoms with Crippen LogP contribution < -0.4 is 10.6 Å². The third-order valence-corrected chi connectivity index (χ3v) is 5.23. The van der Waals surface area contributed by atoms with Crippen molar-refractivity contribution in [3.05, 3.63) is 35.4 Å². The van der Waals surface area contributed by atoms with Crippen molar-refractivity contribution in [2.75, 3.05) is 26.7 Å². The lowest BCUT2D eigenvalue weighted by Crippen LogP contribution is -2.53. The summed E-state index contributed by atoms with van der Waals surface area (Å²) in [5.41, 5.74) is 1.64. The summed E-state index contributed by atoms with van der Waals surface area (Å²) in [6.45, 7) is 8.53. The van der Waals surface area contributed by atoms with Gasteiger partial charge in [-0.25, -0.2) is 0 Å². The van der Waals surface area contributed by atoms with Crippen LogP contribution in [0.5, 0.6) is 0 Å². The first-order valence-corrected chi connectivity index (χ1v) is 9.73. The molecule has 1 unspecified atom stereocenters. The molecule has 1 aromatic rings. The highest BCUT2D eigenvalue weighted by molar-refractivity contribution is 5.97. The van der Waals surface area contributed by atoms with Crippen molar-refractivity contribution < 1.29 is 9.59 Å². The largest absolute Gasteiger partial charge is 0.341 e. The Morgan fingerprint density at radius 2 is 1.89 bits per heavy atom. The number of rotatable bonds is 7. The number of aryl methyl sites for hydroxylation is 1. The fourth-order valence-corrected chi connectivity index (χ4v) is 3.51. The molecule has 1 aliphatic heterocycles. The highest BCUT2D eigenvalue weighted by atomic mass is 35.5. The number of carbonyl (C=O) groups excluding carboxylic acids is 2. The van der Waals surface area contributed by atoms with Crippen molar-refractivity contribution in [2.45, 2.75) is 46.1 Å². The van der Waals surface area contributed by atoms with Gasteiger partial charge in [-0.3, -0.25) is 9.59 Å². The molecule has 27 heavy (non-hydrogen) atoms. The second-order valence-corrected chi connectivity index (χ2v) is 7.73. The van der Waals surface area contributed by atoms with Crippen LogP contribution in [0.3, 0.4) is 0 Å². The number of amides is 2. The second-order valence-electron chi connectivity index (χ2n) is 7.73. The second kappa shape index (κ2) is 11.3. The first kappa shape index (κ1) is 23.4. The van der Waals surface area contributed by atoms with Crippen molar-refractivity contribution >= 4 is 24.2 Å². The molecule has 2 N–H and O–H groups in total. The van der Waals surface area contributed by atoms with Crippen LogP contribution in [-0.2, 0) is 4.79 Å². The van der Waals surface area contributed by atoms with Crippen molar-refractivity contribution in [2.24, 2.45) is 11.8 Å². The van der Waals surface area contributed by atoms with E-state index in [9.17, 15) is 9.59 Å². The highest BCUT2D eigenvalue weighted by Gasteiger charge is 2.31. The zero-order valence-corrected chi connectivity index (χ0v) is 17.8. The zero-order valence-electron chi connectivity index (χ0n) is 17.0.